The van der Waals surface area contributed by atoms with E-state index in [-0.39, 0.29) is 11.6 Å². The second kappa shape index (κ2) is 4.47. The first kappa shape index (κ1) is 11.5. The Kier molecular flexibility index (Phi) is 3.01. The Bertz CT molecular complexity index is 520. The molecular formula is C12H15N3O2. The maximum atomic E-state index is 9.74. The van der Waals surface area contributed by atoms with Gasteiger partial charge >= 0.3 is 0 Å². The lowest BCUT2D eigenvalue weighted by Gasteiger charge is -2.11. The van der Waals surface area contributed by atoms with Gasteiger partial charge in [-0.1, -0.05) is 5.16 Å². The Morgan fingerprint density at radius 2 is 2.12 bits per heavy atom. The van der Waals surface area contributed by atoms with Crippen LogP contribution in [0, 0.1) is 0 Å². The van der Waals surface area contributed by atoms with Crippen LogP contribution in [0.2, 0.25) is 0 Å². The van der Waals surface area contributed by atoms with Gasteiger partial charge in [0, 0.05) is 23.7 Å². The standard InChI is InChI=1S/C12H15N3O2/c1-15(2)7-9-5-8(3-4-11(9)16)10-6-12(13)17-14-10/h3-6,16H,7,13H2,1-2H3. The highest BCUT2D eigenvalue weighted by Gasteiger charge is 2.08. The molecular weight excluding hydrogens is 218 g/mol. The molecule has 0 aliphatic heterocycles. The largest absolute Gasteiger partial charge is 0.508 e. The average molecular weight is 233 g/mol. The van der Waals surface area contributed by atoms with E-state index in [2.05, 4.69) is 5.16 Å². The van der Waals surface area contributed by atoms with E-state index >= 15 is 0 Å². The summed E-state index contributed by atoms with van der Waals surface area (Å²) in [5.41, 5.74) is 7.86. The zero-order valence-electron chi connectivity index (χ0n) is 9.84. The van der Waals surface area contributed by atoms with Crippen molar-refractivity contribution in [3.05, 3.63) is 29.8 Å². The van der Waals surface area contributed by atoms with Gasteiger partial charge in [-0.05, 0) is 32.3 Å². The molecule has 1 aromatic heterocycles. The number of hydrogen-bond donors (Lipinski definition) is 2. The summed E-state index contributed by atoms with van der Waals surface area (Å²) in [6, 6.07) is 6.98. The summed E-state index contributed by atoms with van der Waals surface area (Å²) < 4.78 is 4.82. The van der Waals surface area contributed by atoms with Gasteiger partial charge in [0.25, 0.3) is 0 Å². The summed E-state index contributed by atoms with van der Waals surface area (Å²) in [7, 11) is 3.89. The van der Waals surface area contributed by atoms with Crippen LogP contribution < -0.4 is 5.73 Å². The molecule has 17 heavy (non-hydrogen) atoms. The highest BCUT2D eigenvalue weighted by Crippen LogP contribution is 2.26. The fraction of sp³-hybridized carbons (Fsp3) is 0.250. The smallest absolute Gasteiger partial charge is 0.222 e. The summed E-state index contributed by atoms with van der Waals surface area (Å²) in [5, 5.41) is 13.6. The first-order valence-electron chi connectivity index (χ1n) is 5.25. The Balaban J connectivity index is 2.36. The highest BCUT2D eigenvalue weighted by molar-refractivity contribution is 5.63. The van der Waals surface area contributed by atoms with Crippen LogP contribution in [-0.2, 0) is 6.54 Å². The molecule has 90 valence electrons. The van der Waals surface area contributed by atoms with E-state index in [0.29, 0.717) is 12.2 Å². The predicted molar refractivity (Wildman–Crippen MR) is 65.4 cm³/mol. The first-order chi connectivity index (χ1) is 8.06. The topological polar surface area (TPSA) is 75.5 Å². The molecule has 0 unspecified atom stereocenters. The zero-order valence-corrected chi connectivity index (χ0v) is 9.84. The van der Waals surface area contributed by atoms with Crippen LogP contribution in [0.5, 0.6) is 5.75 Å². The Morgan fingerprint density at radius 1 is 1.35 bits per heavy atom. The van der Waals surface area contributed by atoms with Crippen molar-refractivity contribution < 1.29 is 9.63 Å². The monoisotopic (exact) mass is 233 g/mol. The number of anilines is 1. The summed E-state index contributed by atoms with van der Waals surface area (Å²) in [4.78, 5) is 1.98. The van der Waals surface area contributed by atoms with Crippen LogP contribution in [0.4, 0.5) is 5.88 Å². The summed E-state index contributed by atoms with van der Waals surface area (Å²) in [6.07, 6.45) is 0. The molecule has 0 aliphatic rings. The van der Waals surface area contributed by atoms with Gasteiger partial charge < -0.3 is 20.3 Å². The molecule has 0 amide bonds. The second-order valence-corrected chi connectivity index (χ2v) is 4.20. The maximum Gasteiger partial charge on any atom is 0.222 e. The summed E-state index contributed by atoms with van der Waals surface area (Å²) in [5.74, 6) is 0.557. The highest BCUT2D eigenvalue weighted by atomic mass is 16.5. The van der Waals surface area contributed by atoms with Gasteiger partial charge in [-0.15, -0.1) is 0 Å². The van der Waals surface area contributed by atoms with Crippen molar-refractivity contribution in [2.45, 2.75) is 6.54 Å². The molecule has 1 heterocycles. The van der Waals surface area contributed by atoms with Crippen molar-refractivity contribution in [3.63, 3.8) is 0 Å². The van der Waals surface area contributed by atoms with E-state index in [1.807, 2.05) is 25.1 Å². The number of nitrogens with zero attached hydrogens (tertiary/aromatic N) is 2. The molecule has 2 rings (SSSR count). The van der Waals surface area contributed by atoms with Gasteiger partial charge in [-0.3, -0.25) is 0 Å². The molecule has 1 aromatic carbocycles. The summed E-state index contributed by atoms with van der Waals surface area (Å²) >= 11 is 0. The van der Waals surface area contributed by atoms with E-state index in [4.69, 9.17) is 10.3 Å². The molecule has 0 saturated carbocycles. The maximum absolute atomic E-state index is 9.74. The SMILES string of the molecule is CN(C)Cc1cc(-c2cc(N)on2)ccc1O. The molecule has 0 saturated heterocycles. The van der Waals surface area contributed by atoms with Gasteiger partial charge in [-0.2, -0.15) is 0 Å². The van der Waals surface area contributed by atoms with Crippen LogP contribution in [-0.4, -0.2) is 29.3 Å². The van der Waals surface area contributed by atoms with Crippen LogP contribution in [0.1, 0.15) is 5.56 Å². The second-order valence-electron chi connectivity index (χ2n) is 4.20. The minimum atomic E-state index is 0.277. The third-order valence-electron chi connectivity index (χ3n) is 2.39. The third kappa shape index (κ3) is 2.57. The lowest BCUT2D eigenvalue weighted by atomic mass is 10.1. The van der Waals surface area contributed by atoms with E-state index in [0.717, 1.165) is 11.1 Å². The van der Waals surface area contributed by atoms with E-state index in [9.17, 15) is 5.11 Å². The van der Waals surface area contributed by atoms with Gasteiger partial charge in [0.15, 0.2) is 0 Å². The fourth-order valence-corrected chi connectivity index (χ4v) is 1.64. The van der Waals surface area contributed by atoms with Crippen LogP contribution in [0.15, 0.2) is 28.8 Å². The Morgan fingerprint density at radius 3 is 2.71 bits per heavy atom. The average Bonchev–Trinajstić information content (AvgIpc) is 2.67. The minimum absolute atomic E-state index is 0.277. The third-order valence-corrected chi connectivity index (χ3v) is 2.39. The number of nitrogens with two attached hydrogens (primary N) is 1. The van der Waals surface area contributed by atoms with Gasteiger partial charge in [0.05, 0.1) is 0 Å². The Labute approximate surface area is 99.4 Å². The van der Waals surface area contributed by atoms with Crippen molar-refractivity contribution >= 4 is 5.88 Å². The van der Waals surface area contributed by atoms with Crippen molar-refractivity contribution in [1.82, 2.24) is 10.1 Å². The number of phenols is 1. The lowest BCUT2D eigenvalue weighted by molar-refractivity contribution is 0.386. The molecule has 0 spiro atoms. The molecule has 0 bridgehead atoms. The first-order valence-corrected chi connectivity index (χ1v) is 5.25. The van der Waals surface area contributed by atoms with Crippen LogP contribution in [0.25, 0.3) is 11.3 Å². The fourth-order valence-electron chi connectivity index (χ4n) is 1.64. The number of aromatic hydroxyl groups is 1. The number of rotatable bonds is 3. The Hall–Kier alpha value is -2.01. The molecule has 5 nitrogen and oxygen atoms in total. The lowest BCUT2D eigenvalue weighted by Crippen LogP contribution is -2.10. The van der Waals surface area contributed by atoms with Gasteiger partial charge in [0.1, 0.15) is 11.4 Å². The van der Waals surface area contributed by atoms with E-state index < -0.39 is 0 Å². The van der Waals surface area contributed by atoms with Crippen LogP contribution >= 0.6 is 0 Å². The van der Waals surface area contributed by atoms with Crippen molar-refractivity contribution in [2.75, 3.05) is 19.8 Å². The molecule has 0 fully saturated rings. The number of phenolic OH excluding ortho intramolecular Hbond substituents is 1. The number of hydrogen-bond acceptors (Lipinski definition) is 5. The molecule has 2 aromatic rings. The van der Waals surface area contributed by atoms with Gasteiger partial charge in [0.2, 0.25) is 5.88 Å². The molecule has 5 heteroatoms. The number of nitrogen functional groups attached to an aromatic ring is 1. The van der Waals surface area contributed by atoms with Gasteiger partial charge in [-0.25, -0.2) is 0 Å². The molecule has 3 N–H and O–H groups in total. The van der Waals surface area contributed by atoms with Crippen molar-refractivity contribution in [1.29, 1.82) is 0 Å². The molecule has 0 aliphatic carbocycles. The molecule has 0 radical (unpaired) electrons. The van der Waals surface area contributed by atoms with Crippen molar-refractivity contribution in [3.8, 4) is 17.0 Å². The van der Waals surface area contributed by atoms with Crippen molar-refractivity contribution in [2.24, 2.45) is 0 Å². The number of benzene rings is 1. The van der Waals surface area contributed by atoms with E-state index in [1.54, 1.807) is 18.2 Å². The zero-order chi connectivity index (χ0) is 12.4. The quantitative estimate of drug-likeness (QED) is 0.843. The number of aromatic nitrogens is 1. The molecule has 0 atom stereocenters. The normalized spacial score (nSPS) is 11.0. The van der Waals surface area contributed by atoms with E-state index in [1.165, 1.54) is 0 Å². The summed E-state index contributed by atoms with van der Waals surface area (Å²) in [6.45, 7) is 0.660. The predicted octanol–water partition coefficient (Wildman–Crippen LogP) is 1.69. The minimum Gasteiger partial charge on any atom is -0.508 e. The van der Waals surface area contributed by atoms with Crippen LogP contribution in [0.3, 0.4) is 0 Å².